The van der Waals surface area contributed by atoms with Gasteiger partial charge >= 0.3 is 0 Å². The van der Waals surface area contributed by atoms with E-state index >= 15 is 0 Å². The first-order valence-corrected chi connectivity index (χ1v) is 8.24. The SMILES string of the molecule is CC(C)N1CCCC(NCC2C(C)(C)C2(C)C)CC1. The lowest BCUT2D eigenvalue weighted by atomic mass is 10.0. The summed E-state index contributed by atoms with van der Waals surface area (Å²) in [5.74, 6) is 0.851. The number of hydrogen-bond donors (Lipinski definition) is 1. The zero-order valence-corrected chi connectivity index (χ0v) is 13.9. The Morgan fingerprint density at radius 3 is 2.21 bits per heavy atom. The summed E-state index contributed by atoms with van der Waals surface area (Å²) in [4.78, 5) is 2.63. The van der Waals surface area contributed by atoms with Gasteiger partial charge in [0.05, 0.1) is 0 Å². The van der Waals surface area contributed by atoms with Crippen LogP contribution in [0.4, 0.5) is 0 Å². The van der Waals surface area contributed by atoms with Crippen molar-refractivity contribution in [2.24, 2.45) is 16.7 Å². The predicted octanol–water partition coefficient (Wildman–Crippen LogP) is 3.52. The van der Waals surface area contributed by atoms with Crippen LogP contribution in [-0.2, 0) is 0 Å². The van der Waals surface area contributed by atoms with Crippen LogP contribution >= 0.6 is 0 Å². The van der Waals surface area contributed by atoms with Gasteiger partial charge in [0.15, 0.2) is 0 Å². The lowest BCUT2D eigenvalue weighted by molar-refractivity contribution is 0.229. The van der Waals surface area contributed by atoms with Crippen molar-refractivity contribution in [3.8, 4) is 0 Å². The van der Waals surface area contributed by atoms with Crippen molar-refractivity contribution in [2.75, 3.05) is 19.6 Å². The molecule has 2 rings (SSSR count). The van der Waals surface area contributed by atoms with Crippen LogP contribution in [0.3, 0.4) is 0 Å². The largest absolute Gasteiger partial charge is 0.314 e. The van der Waals surface area contributed by atoms with Crippen LogP contribution in [0.25, 0.3) is 0 Å². The van der Waals surface area contributed by atoms with E-state index in [1.165, 1.54) is 38.9 Å². The Morgan fingerprint density at radius 2 is 1.68 bits per heavy atom. The first-order valence-electron chi connectivity index (χ1n) is 8.24. The Morgan fingerprint density at radius 1 is 1.05 bits per heavy atom. The molecule has 2 fully saturated rings. The highest BCUT2D eigenvalue weighted by atomic mass is 15.1. The fourth-order valence-corrected chi connectivity index (χ4v) is 3.97. The van der Waals surface area contributed by atoms with Gasteiger partial charge in [-0.25, -0.2) is 0 Å². The molecule has 1 unspecified atom stereocenters. The molecule has 2 nitrogen and oxygen atoms in total. The van der Waals surface area contributed by atoms with E-state index in [-0.39, 0.29) is 0 Å². The second kappa shape index (κ2) is 5.37. The number of nitrogens with zero attached hydrogens (tertiary/aromatic N) is 1. The molecule has 2 aliphatic rings. The zero-order chi connectivity index (χ0) is 14.3. The van der Waals surface area contributed by atoms with Gasteiger partial charge in [0.25, 0.3) is 0 Å². The molecule has 0 aromatic carbocycles. The van der Waals surface area contributed by atoms with Gasteiger partial charge in [0.2, 0.25) is 0 Å². The molecule has 0 spiro atoms. The molecule has 0 aromatic rings. The van der Waals surface area contributed by atoms with Crippen molar-refractivity contribution in [1.29, 1.82) is 0 Å². The van der Waals surface area contributed by atoms with E-state index in [1.807, 2.05) is 0 Å². The van der Waals surface area contributed by atoms with Gasteiger partial charge in [-0.1, -0.05) is 27.7 Å². The van der Waals surface area contributed by atoms with Crippen molar-refractivity contribution in [3.63, 3.8) is 0 Å². The topological polar surface area (TPSA) is 15.3 Å². The Bertz CT molecular complexity index is 292. The molecule has 0 aromatic heterocycles. The average molecular weight is 266 g/mol. The molecule has 1 saturated carbocycles. The Balaban J connectivity index is 1.76. The van der Waals surface area contributed by atoms with Crippen LogP contribution in [0.1, 0.15) is 60.8 Å². The van der Waals surface area contributed by atoms with Crippen LogP contribution in [0, 0.1) is 16.7 Å². The third kappa shape index (κ3) is 3.00. The maximum atomic E-state index is 3.87. The van der Waals surface area contributed by atoms with Crippen LogP contribution in [0.5, 0.6) is 0 Å². The van der Waals surface area contributed by atoms with Gasteiger partial charge in [-0.2, -0.15) is 0 Å². The molecule has 1 aliphatic heterocycles. The highest BCUT2D eigenvalue weighted by Gasteiger charge is 2.63. The molecule has 19 heavy (non-hydrogen) atoms. The lowest BCUT2D eigenvalue weighted by Crippen LogP contribution is -2.35. The highest BCUT2D eigenvalue weighted by Crippen LogP contribution is 2.67. The predicted molar refractivity (Wildman–Crippen MR) is 83.4 cm³/mol. The highest BCUT2D eigenvalue weighted by molar-refractivity contribution is 5.13. The summed E-state index contributed by atoms with van der Waals surface area (Å²) in [7, 11) is 0. The van der Waals surface area contributed by atoms with Gasteiger partial charge in [-0.15, -0.1) is 0 Å². The second-order valence-corrected chi connectivity index (χ2v) is 8.16. The third-order valence-electron chi connectivity index (χ3n) is 6.42. The normalized spacial score (nSPS) is 31.4. The number of rotatable bonds is 4. The van der Waals surface area contributed by atoms with Gasteiger partial charge in [0.1, 0.15) is 0 Å². The molecule has 1 heterocycles. The first kappa shape index (κ1) is 15.3. The summed E-state index contributed by atoms with van der Waals surface area (Å²) >= 11 is 0. The van der Waals surface area contributed by atoms with Crippen LogP contribution in [0.2, 0.25) is 0 Å². The first-order chi connectivity index (χ1) is 8.76. The molecule has 0 bridgehead atoms. The van der Waals surface area contributed by atoms with E-state index in [0.717, 1.165) is 12.0 Å². The summed E-state index contributed by atoms with van der Waals surface area (Å²) in [5.41, 5.74) is 1.05. The van der Waals surface area contributed by atoms with Crippen molar-refractivity contribution in [3.05, 3.63) is 0 Å². The lowest BCUT2D eigenvalue weighted by Gasteiger charge is -2.24. The minimum Gasteiger partial charge on any atom is -0.314 e. The van der Waals surface area contributed by atoms with Gasteiger partial charge < -0.3 is 10.2 Å². The minimum absolute atomic E-state index is 0.523. The molecular weight excluding hydrogens is 232 g/mol. The Hall–Kier alpha value is -0.0800. The van der Waals surface area contributed by atoms with E-state index in [0.29, 0.717) is 16.9 Å². The van der Waals surface area contributed by atoms with E-state index < -0.39 is 0 Å². The molecular formula is C17H34N2. The summed E-state index contributed by atoms with van der Waals surface area (Å²) in [6.45, 7) is 18.1. The van der Waals surface area contributed by atoms with Crippen molar-refractivity contribution in [1.82, 2.24) is 10.2 Å². The van der Waals surface area contributed by atoms with Crippen LogP contribution < -0.4 is 5.32 Å². The average Bonchev–Trinajstić information content (AvgIpc) is 2.82. The van der Waals surface area contributed by atoms with E-state index in [1.54, 1.807) is 0 Å². The Labute approximate surface area is 120 Å². The molecule has 1 aliphatic carbocycles. The minimum atomic E-state index is 0.523. The summed E-state index contributed by atoms with van der Waals surface area (Å²) in [6.07, 6.45) is 4.04. The van der Waals surface area contributed by atoms with Crippen LogP contribution in [-0.4, -0.2) is 36.6 Å². The molecule has 1 N–H and O–H groups in total. The number of likely N-dealkylation sites (tertiary alicyclic amines) is 1. The standard InChI is InChI=1S/C17H34N2/c1-13(2)19-10-7-8-14(9-11-19)18-12-15-16(3,4)17(15,5)6/h13-15,18H,7-12H2,1-6H3. The molecule has 0 amide bonds. The Kier molecular flexibility index (Phi) is 4.32. The van der Waals surface area contributed by atoms with Crippen LogP contribution in [0.15, 0.2) is 0 Å². The van der Waals surface area contributed by atoms with Gasteiger partial charge in [-0.05, 0) is 69.5 Å². The van der Waals surface area contributed by atoms with Gasteiger partial charge in [-0.3, -0.25) is 0 Å². The van der Waals surface area contributed by atoms with Gasteiger partial charge in [0, 0.05) is 12.1 Å². The third-order valence-corrected chi connectivity index (χ3v) is 6.42. The fourth-order valence-electron chi connectivity index (χ4n) is 3.97. The zero-order valence-electron chi connectivity index (χ0n) is 13.9. The molecule has 0 radical (unpaired) electrons. The van der Waals surface area contributed by atoms with Crippen molar-refractivity contribution in [2.45, 2.75) is 72.9 Å². The maximum absolute atomic E-state index is 3.87. The molecule has 112 valence electrons. The summed E-state index contributed by atoms with van der Waals surface area (Å²) < 4.78 is 0. The van der Waals surface area contributed by atoms with E-state index in [2.05, 4.69) is 51.8 Å². The number of hydrogen-bond acceptors (Lipinski definition) is 2. The van der Waals surface area contributed by atoms with E-state index in [4.69, 9.17) is 0 Å². The molecule has 1 atom stereocenters. The summed E-state index contributed by atoms with van der Waals surface area (Å²) in [5, 5.41) is 3.87. The quantitative estimate of drug-likeness (QED) is 0.837. The summed E-state index contributed by atoms with van der Waals surface area (Å²) in [6, 6.07) is 1.45. The van der Waals surface area contributed by atoms with Crippen molar-refractivity contribution < 1.29 is 0 Å². The maximum Gasteiger partial charge on any atom is 0.00798 e. The van der Waals surface area contributed by atoms with E-state index in [9.17, 15) is 0 Å². The molecule has 2 heteroatoms. The smallest absolute Gasteiger partial charge is 0.00798 e. The van der Waals surface area contributed by atoms with Crippen molar-refractivity contribution >= 4 is 0 Å². The molecule has 1 saturated heterocycles. The second-order valence-electron chi connectivity index (χ2n) is 8.16. The fraction of sp³-hybridized carbons (Fsp3) is 1.00. The number of nitrogens with one attached hydrogen (secondary N) is 1. The monoisotopic (exact) mass is 266 g/mol.